The first-order valence-corrected chi connectivity index (χ1v) is 13.3. The number of urea groups is 1. The molecule has 2 heterocycles. The van der Waals surface area contributed by atoms with Crippen molar-refractivity contribution in [3.8, 4) is 22.8 Å². The molecule has 10 nitrogen and oxygen atoms in total. The fourth-order valence-electron chi connectivity index (χ4n) is 5.86. The van der Waals surface area contributed by atoms with E-state index in [-0.39, 0.29) is 17.5 Å². The van der Waals surface area contributed by atoms with E-state index in [9.17, 15) is 18.0 Å². The van der Waals surface area contributed by atoms with E-state index in [0.29, 0.717) is 17.5 Å². The van der Waals surface area contributed by atoms with Crippen LogP contribution in [0.5, 0.6) is 11.5 Å². The molecule has 2 aliphatic rings. The molecule has 1 saturated heterocycles. The Hall–Kier alpha value is -4.26. The minimum Gasteiger partial charge on any atom is -0.493 e. The van der Waals surface area contributed by atoms with Crippen LogP contribution in [-0.4, -0.2) is 73.1 Å². The molecule has 3 N–H and O–H groups in total. The summed E-state index contributed by atoms with van der Waals surface area (Å²) in [5, 5.41) is 13.3. The van der Waals surface area contributed by atoms with Gasteiger partial charge in [0.1, 0.15) is 0 Å². The van der Waals surface area contributed by atoms with Gasteiger partial charge in [-0.25, -0.2) is 14.6 Å². The number of hydrogen-bond acceptors (Lipinski definition) is 7. The highest BCUT2D eigenvalue weighted by atomic mass is 19.4. The lowest BCUT2D eigenvalue weighted by molar-refractivity contribution is -0.192. The third-order valence-electron chi connectivity index (χ3n) is 7.90. The van der Waals surface area contributed by atoms with Crippen molar-refractivity contribution in [1.29, 1.82) is 0 Å². The number of anilines is 1. The average molecular weight is 591 g/mol. The number of rotatable bonds is 6. The van der Waals surface area contributed by atoms with Gasteiger partial charge in [-0.1, -0.05) is 18.2 Å². The first-order valence-electron chi connectivity index (χ1n) is 13.3. The number of aliphatic carboxylic acids is 1. The highest BCUT2D eigenvalue weighted by Gasteiger charge is 2.50. The van der Waals surface area contributed by atoms with Crippen LogP contribution in [-0.2, 0) is 10.2 Å². The predicted molar refractivity (Wildman–Crippen MR) is 148 cm³/mol. The number of carboxylic acid groups (broad SMARTS) is 1. The number of nitrogens with zero attached hydrogens (tertiary/aromatic N) is 2. The van der Waals surface area contributed by atoms with Crippen molar-refractivity contribution in [1.82, 2.24) is 15.2 Å². The van der Waals surface area contributed by atoms with Crippen LogP contribution < -0.4 is 20.1 Å². The minimum absolute atomic E-state index is 0.0500. The topological polar surface area (TPSA) is 126 Å². The lowest BCUT2D eigenvalue weighted by Crippen LogP contribution is -2.52. The van der Waals surface area contributed by atoms with Gasteiger partial charge < -0.3 is 34.5 Å². The lowest BCUT2D eigenvalue weighted by Gasteiger charge is -2.45. The summed E-state index contributed by atoms with van der Waals surface area (Å²) in [7, 11) is 5.52. The normalized spacial score (nSPS) is 21.9. The highest BCUT2D eigenvalue weighted by molar-refractivity contribution is 5.90. The summed E-state index contributed by atoms with van der Waals surface area (Å²) in [5.74, 6) is -0.584. The maximum Gasteiger partial charge on any atom is 0.490 e. The van der Waals surface area contributed by atoms with Crippen LogP contribution in [0.4, 0.5) is 23.7 Å². The van der Waals surface area contributed by atoms with Gasteiger partial charge in [0.2, 0.25) is 0 Å². The summed E-state index contributed by atoms with van der Waals surface area (Å²) in [6, 6.07) is 14.1. The number of alkyl halides is 3. The largest absolute Gasteiger partial charge is 0.493 e. The van der Waals surface area contributed by atoms with Crippen molar-refractivity contribution in [2.75, 3.05) is 33.1 Å². The molecule has 5 rings (SSSR count). The van der Waals surface area contributed by atoms with Crippen molar-refractivity contribution in [3.05, 3.63) is 60.6 Å². The number of likely N-dealkylation sites (tertiary alicyclic amines) is 1. The second-order valence-electron chi connectivity index (χ2n) is 10.3. The second kappa shape index (κ2) is 12.7. The standard InChI is InChI=1S/C27H32N4O4.C2HF3O2/c1-31-12-11-27(19-7-8-22(33-2)23(14-19)34-3)10-9-21(15-25(27)31)30-26(32)29-20-6-4-5-18(13-20)24-16-28-17-35-24;3-2(4,5)1(6)7/h4-8,13-14,16-17,21,25H,9-12,15H2,1-3H3,(H2,29,30,32);(H,6,7). The molecule has 1 aliphatic heterocycles. The summed E-state index contributed by atoms with van der Waals surface area (Å²) < 4.78 is 48.1. The molecule has 1 aliphatic carbocycles. The summed E-state index contributed by atoms with van der Waals surface area (Å²) in [6.07, 6.45) is 1.89. The van der Waals surface area contributed by atoms with Gasteiger partial charge in [-0.05, 0) is 69.1 Å². The Balaban J connectivity index is 0.000000517. The number of likely N-dealkylation sites (N-methyl/N-ethyl adjacent to an activating group) is 1. The van der Waals surface area contributed by atoms with E-state index in [1.165, 1.54) is 12.0 Å². The van der Waals surface area contributed by atoms with Gasteiger partial charge >= 0.3 is 18.2 Å². The number of halogens is 3. The SMILES string of the molecule is COc1ccc(C23CCC(NC(=O)Nc4cccc(-c5cnco5)c4)CC2N(C)CC3)cc1OC.O=C(O)C(F)(F)F. The molecule has 2 amide bonds. The third kappa shape index (κ3) is 6.78. The number of ether oxygens (including phenoxy) is 2. The van der Waals surface area contributed by atoms with E-state index in [2.05, 4.69) is 39.7 Å². The van der Waals surface area contributed by atoms with Crippen molar-refractivity contribution in [3.63, 3.8) is 0 Å². The zero-order valence-corrected chi connectivity index (χ0v) is 23.4. The summed E-state index contributed by atoms with van der Waals surface area (Å²) in [6.45, 7) is 1.03. The second-order valence-corrected chi connectivity index (χ2v) is 10.3. The number of carbonyl (C=O) groups excluding carboxylic acids is 1. The Morgan fingerprint density at radius 3 is 2.50 bits per heavy atom. The Morgan fingerprint density at radius 1 is 1.12 bits per heavy atom. The Morgan fingerprint density at radius 2 is 1.86 bits per heavy atom. The van der Waals surface area contributed by atoms with Crippen LogP contribution in [0.1, 0.15) is 31.2 Å². The monoisotopic (exact) mass is 590 g/mol. The molecule has 3 atom stereocenters. The van der Waals surface area contributed by atoms with Gasteiger partial charge in [0.05, 0.1) is 20.4 Å². The maximum atomic E-state index is 12.9. The zero-order valence-electron chi connectivity index (χ0n) is 23.4. The molecule has 0 spiro atoms. The highest BCUT2D eigenvalue weighted by Crippen LogP contribution is 2.49. The van der Waals surface area contributed by atoms with Crippen molar-refractivity contribution < 1.29 is 41.8 Å². The van der Waals surface area contributed by atoms with E-state index >= 15 is 0 Å². The molecule has 1 saturated carbocycles. The Labute approximate surface area is 240 Å². The van der Waals surface area contributed by atoms with E-state index in [1.807, 2.05) is 30.3 Å². The average Bonchev–Trinajstić information content (AvgIpc) is 3.62. The smallest absolute Gasteiger partial charge is 0.490 e. The maximum absolute atomic E-state index is 12.9. The molecule has 42 heavy (non-hydrogen) atoms. The number of nitrogens with one attached hydrogen (secondary N) is 2. The Bertz CT molecular complexity index is 1380. The number of oxazole rings is 1. The van der Waals surface area contributed by atoms with Crippen LogP contribution in [0.2, 0.25) is 0 Å². The molecule has 1 aromatic heterocycles. The number of carbonyl (C=O) groups is 2. The number of amides is 2. The van der Waals surface area contributed by atoms with Gasteiger partial charge in [0, 0.05) is 28.7 Å². The zero-order chi connectivity index (χ0) is 30.5. The molecule has 2 aromatic carbocycles. The molecule has 3 aromatic rings. The molecular weight excluding hydrogens is 557 g/mol. The van der Waals surface area contributed by atoms with Crippen LogP contribution in [0, 0.1) is 0 Å². The molecule has 3 unspecified atom stereocenters. The van der Waals surface area contributed by atoms with Crippen molar-refractivity contribution in [2.24, 2.45) is 0 Å². The fraction of sp³-hybridized carbons (Fsp3) is 0.414. The predicted octanol–water partition coefficient (Wildman–Crippen LogP) is 5.31. The van der Waals surface area contributed by atoms with E-state index in [1.54, 1.807) is 20.4 Å². The summed E-state index contributed by atoms with van der Waals surface area (Å²) in [4.78, 5) is 28.1. The fourth-order valence-corrected chi connectivity index (χ4v) is 5.86. The lowest BCUT2D eigenvalue weighted by atomic mass is 9.65. The number of carboxylic acids is 1. The van der Waals surface area contributed by atoms with Gasteiger partial charge in [-0.2, -0.15) is 13.2 Å². The molecule has 0 bridgehead atoms. The van der Waals surface area contributed by atoms with Gasteiger partial charge in [-0.3, -0.25) is 0 Å². The van der Waals surface area contributed by atoms with E-state index < -0.39 is 12.1 Å². The number of benzene rings is 2. The number of aromatic nitrogens is 1. The molecular formula is C29H33F3N4O6. The number of methoxy groups -OCH3 is 2. The third-order valence-corrected chi connectivity index (χ3v) is 7.90. The van der Waals surface area contributed by atoms with Crippen LogP contribution in [0.3, 0.4) is 0 Å². The number of fused-ring (bicyclic) bond motifs is 1. The Kier molecular flexibility index (Phi) is 9.30. The van der Waals surface area contributed by atoms with Gasteiger partial charge in [0.15, 0.2) is 23.7 Å². The molecule has 2 fully saturated rings. The molecule has 0 radical (unpaired) electrons. The summed E-state index contributed by atoms with van der Waals surface area (Å²) >= 11 is 0. The molecule has 13 heteroatoms. The van der Waals surface area contributed by atoms with Gasteiger partial charge in [-0.15, -0.1) is 0 Å². The van der Waals surface area contributed by atoms with Crippen LogP contribution in [0.15, 0.2) is 59.5 Å². The van der Waals surface area contributed by atoms with Crippen LogP contribution >= 0.6 is 0 Å². The quantitative estimate of drug-likeness (QED) is 0.353. The van der Waals surface area contributed by atoms with Gasteiger partial charge in [0.25, 0.3) is 0 Å². The van der Waals surface area contributed by atoms with Crippen LogP contribution in [0.25, 0.3) is 11.3 Å². The van der Waals surface area contributed by atoms with Crippen molar-refractivity contribution >= 4 is 17.7 Å². The number of hydrogen-bond donors (Lipinski definition) is 3. The van der Waals surface area contributed by atoms with Crippen molar-refractivity contribution in [2.45, 2.75) is 49.4 Å². The molecule has 226 valence electrons. The van der Waals surface area contributed by atoms with E-state index in [4.69, 9.17) is 23.8 Å². The minimum atomic E-state index is -5.08. The van der Waals surface area contributed by atoms with E-state index in [0.717, 1.165) is 49.3 Å². The first-order chi connectivity index (χ1) is 20.0. The first kappa shape index (κ1) is 30.7. The summed E-state index contributed by atoms with van der Waals surface area (Å²) in [5.41, 5.74) is 2.92.